The first-order chi connectivity index (χ1) is 14.7. The Labute approximate surface area is 198 Å². The lowest BCUT2D eigenvalue weighted by Crippen LogP contribution is -2.32. The van der Waals surface area contributed by atoms with Crippen LogP contribution in [0.2, 0.25) is 10.0 Å². The molecule has 0 radical (unpaired) electrons. The number of sulfonamides is 1. The van der Waals surface area contributed by atoms with Gasteiger partial charge < -0.3 is 10.1 Å². The maximum Gasteiger partial charge on any atom is 0.232 e. The summed E-state index contributed by atoms with van der Waals surface area (Å²) in [6, 6.07) is 12.2. The molecule has 10 heteroatoms. The van der Waals surface area contributed by atoms with Crippen LogP contribution < -0.4 is 14.4 Å². The molecule has 31 heavy (non-hydrogen) atoms. The highest BCUT2D eigenvalue weighted by Crippen LogP contribution is 2.25. The lowest BCUT2D eigenvalue weighted by Gasteiger charge is -2.22. The molecule has 6 nitrogen and oxygen atoms in total. The van der Waals surface area contributed by atoms with Gasteiger partial charge >= 0.3 is 0 Å². The third-order valence-electron chi connectivity index (χ3n) is 4.35. The minimum atomic E-state index is -3.47. The summed E-state index contributed by atoms with van der Waals surface area (Å²) in [5, 5.41) is 4.10. The summed E-state index contributed by atoms with van der Waals surface area (Å²) in [5.74, 6) is 1.94. The Hall–Kier alpha value is -1.61. The topological polar surface area (TPSA) is 75.7 Å². The Kier molecular flexibility index (Phi) is 10.3. The van der Waals surface area contributed by atoms with Gasteiger partial charge in [0.25, 0.3) is 0 Å². The number of hydrogen-bond acceptors (Lipinski definition) is 5. The first-order valence-electron chi connectivity index (χ1n) is 9.61. The number of hydrogen-bond donors (Lipinski definition) is 1. The van der Waals surface area contributed by atoms with Crippen LogP contribution in [0, 0.1) is 0 Å². The van der Waals surface area contributed by atoms with E-state index in [0.29, 0.717) is 34.4 Å². The minimum Gasteiger partial charge on any atom is -0.497 e. The molecule has 0 aliphatic heterocycles. The summed E-state index contributed by atoms with van der Waals surface area (Å²) >= 11 is 13.7. The van der Waals surface area contributed by atoms with Gasteiger partial charge in [0.1, 0.15) is 5.75 Å². The molecule has 1 N–H and O–H groups in total. The molecular weight excluding hydrogens is 479 g/mol. The molecule has 2 rings (SSSR count). The van der Waals surface area contributed by atoms with Gasteiger partial charge in [-0.1, -0.05) is 35.3 Å². The second-order valence-electron chi connectivity index (χ2n) is 6.78. The Morgan fingerprint density at radius 1 is 1.19 bits per heavy atom. The largest absolute Gasteiger partial charge is 0.497 e. The normalized spacial score (nSPS) is 11.2. The van der Waals surface area contributed by atoms with Crippen LogP contribution in [-0.2, 0) is 20.6 Å². The van der Waals surface area contributed by atoms with Gasteiger partial charge in [-0.2, -0.15) is 11.8 Å². The molecule has 0 aliphatic rings. The molecule has 0 bridgehead atoms. The fourth-order valence-corrected chi connectivity index (χ4v) is 5.18. The van der Waals surface area contributed by atoms with E-state index in [1.807, 2.05) is 6.07 Å². The summed E-state index contributed by atoms with van der Waals surface area (Å²) in [5.41, 5.74) is 1.51. The second-order valence-corrected chi connectivity index (χ2v) is 10.6. The molecule has 0 saturated carbocycles. The van der Waals surface area contributed by atoms with Crippen LogP contribution in [0.15, 0.2) is 42.5 Å². The zero-order chi connectivity index (χ0) is 22.9. The van der Waals surface area contributed by atoms with Gasteiger partial charge in [0.2, 0.25) is 15.9 Å². The highest BCUT2D eigenvalue weighted by Gasteiger charge is 2.18. The van der Waals surface area contributed by atoms with Crippen molar-refractivity contribution in [2.45, 2.75) is 18.6 Å². The van der Waals surface area contributed by atoms with Crippen LogP contribution in [-0.4, -0.2) is 46.5 Å². The average molecular weight is 505 g/mol. The molecule has 0 fully saturated rings. The number of thioether (sulfide) groups is 1. The number of rotatable bonds is 12. The molecule has 0 unspecified atom stereocenters. The lowest BCUT2D eigenvalue weighted by atomic mass is 10.2. The van der Waals surface area contributed by atoms with Crippen LogP contribution in [0.1, 0.15) is 18.4 Å². The van der Waals surface area contributed by atoms with Crippen molar-refractivity contribution in [2.24, 2.45) is 0 Å². The number of nitrogens with one attached hydrogen (secondary N) is 1. The van der Waals surface area contributed by atoms with E-state index in [-0.39, 0.29) is 18.9 Å². The Morgan fingerprint density at radius 2 is 1.97 bits per heavy atom. The van der Waals surface area contributed by atoms with Gasteiger partial charge in [-0.3, -0.25) is 9.10 Å². The lowest BCUT2D eigenvalue weighted by molar-refractivity contribution is -0.121. The highest BCUT2D eigenvalue weighted by molar-refractivity contribution is 7.98. The predicted molar refractivity (Wildman–Crippen MR) is 130 cm³/mol. The molecule has 2 aromatic carbocycles. The number of nitrogens with zero attached hydrogens (tertiary/aromatic N) is 1. The molecular formula is C21H26Cl2N2O4S2. The minimum absolute atomic E-state index is 0.107. The Balaban J connectivity index is 1.73. The van der Waals surface area contributed by atoms with Crippen molar-refractivity contribution in [3.63, 3.8) is 0 Å². The summed E-state index contributed by atoms with van der Waals surface area (Å²) in [7, 11) is -1.95. The molecule has 0 saturated heterocycles. The van der Waals surface area contributed by atoms with Gasteiger partial charge in [-0.05, 0) is 36.2 Å². The molecule has 1 amide bonds. The van der Waals surface area contributed by atoms with E-state index in [1.54, 1.807) is 48.2 Å². The Morgan fingerprint density at radius 3 is 2.65 bits per heavy atom. The maximum absolute atomic E-state index is 12.2. The predicted octanol–water partition coefficient (Wildman–Crippen LogP) is 4.60. The van der Waals surface area contributed by atoms with Crippen molar-refractivity contribution in [1.82, 2.24) is 5.32 Å². The van der Waals surface area contributed by atoms with Crippen LogP contribution in [0.5, 0.6) is 5.75 Å². The highest BCUT2D eigenvalue weighted by atomic mass is 35.5. The molecule has 0 aromatic heterocycles. The number of methoxy groups -OCH3 is 1. The van der Waals surface area contributed by atoms with Crippen molar-refractivity contribution in [3.05, 3.63) is 58.1 Å². The second kappa shape index (κ2) is 12.4. The quantitative estimate of drug-likeness (QED) is 0.427. The molecule has 0 heterocycles. The molecule has 0 aliphatic carbocycles. The zero-order valence-electron chi connectivity index (χ0n) is 17.4. The van der Waals surface area contributed by atoms with Gasteiger partial charge in [-0.15, -0.1) is 0 Å². The van der Waals surface area contributed by atoms with Gasteiger partial charge in [0.15, 0.2) is 0 Å². The monoisotopic (exact) mass is 504 g/mol. The van der Waals surface area contributed by atoms with E-state index in [0.717, 1.165) is 23.3 Å². The molecule has 0 spiro atoms. The van der Waals surface area contributed by atoms with Crippen molar-refractivity contribution < 1.29 is 17.9 Å². The summed E-state index contributed by atoms with van der Waals surface area (Å²) < 4.78 is 30.8. The molecule has 0 atom stereocenters. The zero-order valence-corrected chi connectivity index (χ0v) is 20.6. The van der Waals surface area contributed by atoms with E-state index in [1.165, 1.54) is 11.4 Å². The van der Waals surface area contributed by atoms with Crippen molar-refractivity contribution in [3.8, 4) is 5.75 Å². The van der Waals surface area contributed by atoms with Crippen LogP contribution in [0.4, 0.5) is 5.69 Å². The van der Waals surface area contributed by atoms with Crippen LogP contribution in [0.25, 0.3) is 0 Å². The van der Waals surface area contributed by atoms with E-state index >= 15 is 0 Å². The first kappa shape index (κ1) is 25.6. The van der Waals surface area contributed by atoms with Gasteiger partial charge in [-0.25, -0.2) is 8.42 Å². The van der Waals surface area contributed by atoms with E-state index in [4.69, 9.17) is 27.9 Å². The first-order valence-corrected chi connectivity index (χ1v) is 13.4. The number of ether oxygens (including phenoxy) is 1. The standard InChI is InChI=1S/C21H26Cl2N2O4S2/c1-29-19-6-3-5-18(14-19)25(31(2,27)28)11-4-7-21(26)24-10-12-30-15-16-8-9-17(22)13-20(16)23/h3,5-6,8-9,13-14H,4,7,10-12,15H2,1-2H3,(H,24,26). The van der Waals surface area contributed by atoms with Gasteiger partial charge in [0.05, 0.1) is 19.1 Å². The van der Waals surface area contributed by atoms with Crippen molar-refractivity contribution in [2.75, 3.05) is 36.5 Å². The number of anilines is 1. The maximum atomic E-state index is 12.2. The SMILES string of the molecule is COc1cccc(N(CCCC(=O)NCCSCc2ccc(Cl)cc2Cl)S(C)(=O)=O)c1. The third kappa shape index (κ3) is 8.80. The summed E-state index contributed by atoms with van der Waals surface area (Å²) in [4.78, 5) is 12.1. The van der Waals surface area contributed by atoms with Crippen molar-refractivity contribution in [1.29, 1.82) is 0 Å². The molecule has 2 aromatic rings. The van der Waals surface area contributed by atoms with E-state index in [2.05, 4.69) is 5.32 Å². The number of amides is 1. The fraction of sp³-hybridized carbons (Fsp3) is 0.381. The Bertz CT molecular complexity index is 987. The average Bonchev–Trinajstić information content (AvgIpc) is 2.71. The third-order valence-corrected chi connectivity index (χ3v) is 7.14. The molecule has 170 valence electrons. The van der Waals surface area contributed by atoms with Crippen LogP contribution >= 0.6 is 35.0 Å². The number of benzene rings is 2. The van der Waals surface area contributed by atoms with Crippen molar-refractivity contribution >= 4 is 56.6 Å². The van der Waals surface area contributed by atoms with E-state index in [9.17, 15) is 13.2 Å². The smallest absolute Gasteiger partial charge is 0.232 e. The summed E-state index contributed by atoms with van der Waals surface area (Å²) in [6.45, 7) is 0.740. The number of halogens is 2. The van der Waals surface area contributed by atoms with Gasteiger partial charge in [0, 0.05) is 47.1 Å². The fourth-order valence-electron chi connectivity index (χ4n) is 2.81. The van der Waals surface area contributed by atoms with Crippen LogP contribution in [0.3, 0.4) is 0 Å². The number of carbonyl (C=O) groups excluding carboxylic acids is 1. The summed E-state index contributed by atoms with van der Waals surface area (Å²) in [6.07, 6.45) is 1.80. The number of carbonyl (C=O) groups is 1. The van der Waals surface area contributed by atoms with E-state index < -0.39 is 10.0 Å².